The van der Waals surface area contributed by atoms with Crippen molar-refractivity contribution in [3.63, 3.8) is 0 Å². The monoisotopic (exact) mass is 219 g/mol. The van der Waals surface area contributed by atoms with E-state index < -0.39 is 6.17 Å². The molecule has 15 heavy (non-hydrogen) atoms. The number of hydrogen-bond donors (Lipinski definition) is 0. The molecule has 0 bridgehead atoms. The van der Waals surface area contributed by atoms with Crippen LogP contribution in [0, 0.1) is 0 Å². The summed E-state index contributed by atoms with van der Waals surface area (Å²) in [6.07, 6.45) is 0.0879. The lowest BCUT2D eigenvalue weighted by molar-refractivity contribution is -0.0339. The third kappa shape index (κ3) is 4.47. The molecule has 1 aliphatic rings. The number of nitrogens with zero attached hydrogens (tertiary/aromatic N) is 1. The van der Waals surface area contributed by atoms with E-state index in [1.807, 2.05) is 41.7 Å². The molecule has 1 saturated heterocycles. The quantitative estimate of drug-likeness (QED) is 0.723. The van der Waals surface area contributed by atoms with Crippen molar-refractivity contribution < 1.29 is 9.13 Å². The lowest BCUT2D eigenvalue weighted by atomic mass is 10.1. The fourth-order valence-electron chi connectivity index (χ4n) is 2.09. The van der Waals surface area contributed by atoms with Crippen molar-refractivity contribution in [3.05, 3.63) is 0 Å². The summed E-state index contributed by atoms with van der Waals surface area (Å²) < 4.78 is 19.0. The molecule has 2 nitrogen and oxygen atoms in total. The zero-order valence-electron chi connectivity index (χ0n) is 11.0. The molecule has 0 amide bonds. The van der Waals surface area contributed by atoms with Crippen LogP contribution >= 0.6 is 0 Å². The van der Waals surface area contributed by atoms with Gasteiger partial charge in [0.15, 0.2) is 0 Å². The van der Waals surface area contributed by atoms with Gasteiger partial charge in [0.05, 0.1) is 18.2 Å². The van der Waals surface area contributed by atoms with Crippen LogP contribution in [0.25, 0.3) is 0 Å². The first-order valence-electron chi connectivity index (χ1n) is 6.02. The molecule has 92 valence electrons. The Morgan fingerprint density at radius 2 is 1.80 bits per heavy atom. The maximum Gasteiger partial charge on any atom is 0.119 e. The Hall–Kier alpha value is -0.150. The van der Waals surface area contributed by atoms with Crippen molar-refractivity contribution in [2.45, 2.75) is 65.5 Å². The third-order valence-corrected chi connectivity index (χ3v) is 2.60. The lowest BCUT2D eigenvalue weighted by Gasteiger charge is -2.28. The molecule has 0 aromatic carbocycles. The van der Waals surface area contributed by atoms with E-state index in [4.69, 9.17) is 4.74 Å². The zero-order chi connectivity index (χ0) is 12.0. The molecular weight excluding hydrogens is 193 g/mol. The van der Waals surface area contributed by atoms with Crippen molar-refractivity contribution in [1.82, 2.24) is 4.90 Å². The van der Waals surface area contributed by atoms with Crippen LogP contribution in [0.15, 0.2) is 0 Å². The minimum Gasteiger partial charge on any atom is -0.374 e. The van der Waals surface area contributed by atoms with Gasteiger partial charge in [-0.1, -0.05) is 13.8 Å². The number of likely N-dealkylation sites (tertiary alicyclic amines) is 1. The SMILES string of the molecule is CC.CC(C)O[C@@H](C)C1C(F)CCN1C. The smallest absolute Gasteiger partial charge is 0.119 e. The van der Waals surface area contributed by atoms with Crippen LogP contribution in [0.5, 0.6) is 0 Å². The largest absolute Gasteiger partial charge is 0.374 e. The molecule has 0 aromatic rings. The van der Waals surface area contributed by atoms with E-state index in [9.17, 15) is 4.39 Å². The first-order chi connectivity index (χ1) is 7.02. The first kappa shape index (κ1) is 14.8. The van der Waals surface area contributed by atoms with Crippen molar-refractivity contribution in [2.24, 2.45) is 0 Å². The standard InChI is InChI=1S/C10H20FNO.C2H6/c1-7(2)13-8(3)10-9(11)5-6-12(10)4;1-2/h7-10H,5-6H2,1-4H3;1-2H3/t8-,9?,10?;/m0./s1. The highest BCUT2D eigenvalue weighted by Gasteiger charge is 2.36. The molecular formula is C12H26FNO. The fraction of sp³-hybridized carbons (Fsp3) is 1.00. The van der Waals surface area contributed by atoms with Crippen molar-refractivity contribution in [1.29, 1.82) is 0 Å². The molecule has 0 aliphatic carbocycles. The van der Waals surface area contributed by atoms with Gasteiger partial charge in [-0.2, -0.15) is 0 Å². The summed E-state index contributed by atoms with van der Waals surface area (Å²) in [4.78, 5) is 2.05. The van der Waals surface area contributed by atoms with Gasteiger partial charge in [-0.3, -0.25) is 4.90 Å². The third-order valence-electron chi connectivity index (χ3n) is 2.60. The summed E-state index contributed by atoms with van der Waals surface area (Å²) >= 11 is 0. The van der Waals surface area contributed by atoms with Crippen LogP contribution in [0.4, 0.5) is 4.39 Å². The Balaban J connectivity index is 0.000000921. The van der Waals surface area contributed by atoms with Crippen LogP contribution < -0.4 is 0 Å². The van der Waals surface area contributed by atoms with E-state index in [0.717, 1.165) is 6.54 Å². The number of halogens is 1. The predicted molar refractivity (Wildman–Crippen MR) is 63.0 cm³/mol. The summed E-state index contributed by atoms with van der Waals surface area (Å²) in [7, 11) is 1.96. The van der Waals surface area contributed by atoms with Crippen molar-refractivity contribution in [3.8, 4) is 0 Å². The molecule has 0 aromatic heterocycles. The average molecular weight is 219 g/mol. The molecule has 1 heterocycles. The Bertz CT molecular complexity index is 154. The number of ether oxygens (including phenoxy) is 1. The van der Waals surface area contributed by atoms with Gasteiger partial charge < -0.3 is 4.74 Å². The summed E-state index contributed by atoms with van der Waals surface area (Å²) in [6, 6.07) is -0.0533. The van der Waals surface area contributed by atoms with E-state index in [-0.39, 0.29) is 18.2 Å². The van der Waals surface area contributed by atoms with E-state index in [0.29, 0.717) is 6.42 Å². The van der Waals surface area contributed by atoms with E-state index in [1.165, 1.54) is 0 Å². The second-order valence-corrected chi connectivity index (χ2v) is 4.17. The molecule has 0 N–H and O–H groups in total. The number of rotatable bonds is 3. The molecule has 0 radical (unpaired) electrons. The van der Waals surface area contributed by atoms with Gasteiger partial charge in [0.1, 0.15) is 6.17 Å². The normalized spacial score (nSPS) is 28.8. The molecule has 0 spiro atoms. The first-order valence-corrected chi connectivity index (χ1v) is 6.02. The van der Waals surface area contributed by atoms with Gasteiger partial charge in [0.2, 0.25) is 0 Å². The molecule has 3 heteroatoms. The lowest BCUT2D eigenvalue weighted by Crippen LogP contribution is -2.42. The van der Waals surface area contributed by atoms with Crippen LogP contribution in [-0.2, 0) is 4.74 Å². The van der Waals surface area contributed by atoms with Gasteiger partial charge in [0.25, 0.3) is 0 Å². The Morgan fingerprint density at radius 3 is 2.13 bits per heavy atom. The highest BCUT2D eigenvalue weighted by Crippen LogP contribution is 2.23. The molecule has 3 atom stereocenters. The van der Waals surface area contributed by atoms with E-state index in [2.05, 4.69) is 4.90 Å². The van der Waals surface area contributed by atoms with Crippen molar-refractivity contribution >= 4 is 0 Å². The molecule has 1 rings (SSSR count). The summed E-state index contributed by atoms with van der Waals surface area (Å²) in [6.45, 7) is 10.8. The van der Waals surface area contributed by atoms with E-state index >= 15 is 0 Å². The van der Waals surface area contributed by atoms with Gasteiger partial charge in [-0.15, -0.1) is 0 Å². The highest BCUT2D eigenvalue weighted by molar-refractivity contribution is 4.89. The summed E-state index contributed by atoms with van der Waals surface area (Å²) in [5.74, 6) is 0. The number of alkyl halides is 1. The van der Waals surface area contributed by atoms with Crippen LogP contribution in [0.2, 0.25) is 0 Å². The van der Waals surface area contributed by atoms with Crippen molar-refractivity contribution in [2.75, 3.05) is 13.6 Å². The maximum absolute atomic E-state index is 13.4. The molecule has 2 unspecified atom stereocenters. The minimum absolute atomic E-state index is 0.0116. The van der Waals surface area contributed by atoms with Gasteiger partial charge in [-0.25, -0.2) is 4.39 Å². The Kier molecular flexibility index (Phi) is 7.11. The van der Waals surface area contributed by atoms with Gasteiger partial charge in [-0.05, 0) is 34.2 Å². The molecule has 1 fully saturated rings. The second-order valence-electron chi connectivity index (χ2n) is 4.17. The predicted octanol–water partition coefficient (Wildman–Crippen LogP) is 2.87. The summed E-state index contributed by atoms with van der Waals surface area (Å²) in [5, 5.41) is 0. The molecule has 1 aliphatic heterocycles. The summed E-state index contributed by atoms with van der Waals surface area (Å²) in [5.41, 5.74) is 0. The number of hydrogen-bond acceptors (Lipinski definition) is 2. The minimum atomic E-state index is -0.723. The van der Waals surface area contributed by atoms with Gasteiger partial charge in [0, 0.05) is 6.54 Å². The fourth-order valence-corrected chi connectivity index (χ4v) is 2.09. The highest BCUT2D eigenvalue weighted by atomic mass is 19.1. The van der Waals surface area contributed by atoms with Crippen LogP contribution in [0.1, 0.15) is 41.0 Å². The zero-order valence-corrected chi connectivity index (χ0v) is 11.0. The Morgan fingerprint density at radius 1 is 1.27 bits per heavy atom. The molecule has 0 saturated carbocycles. The topological polar surface area (TPSA) is 12.5 Å². The Labute approximate surface area is 93.8 Å². The number of likely N-dealkylation sites (N-methyl/N-ethyl adjacent to an activating group) is 1. The average Bonchev–Trinajstić information content (AvgIpc) is 2.48. The maximum atomic E-state index is 13.4. The van der Waals surface area contributed by atoms with Gasteiger partial charge >= 0.3 is 0 Å². The van der Waals surface area contributed by atoms with Crippen LogP contribution in [-0.4, -0.2) is 42.9 Å². The van der Waals surface area contributed by atoms with E-state index in [1.54, 1.807) is 0 Å². The van der Waals surface area contributed by atoms with Crippen LogP contribution in [0.3, 0.4) is 0 Å². The second kappa shape index (κ2) is 7.18.